The van der Waals surface area contributed by atoms with Crippen molar-refractivity contribution in [3.05, 3.63) is 89.0 Å². The average Bonchev–Trinajstić information content (AvgIpc) is 2.69. The summed E-state index contributed by atoms with van der Waals surface area (Å²) in [4.78, 5) is 4.45. The highest BCUT2D eigenvalue weighted by Crippen LogP contribution is 2.25. The number of benzene rings is 3. The van der Waals surface area contributed by atoms with Crippen LogP contribution in [0, 0.1) is 0 Å². The maximum atomic E-state index is 10.1. The molecule has 4 aromatic rings. The van der Waals surface area contributed by atoms with Gasteiger partial charge in [-0.3, -0.25) is 4.98 Å². The summed E-state index contributed by atoms with van der Waals surface area (Å²) in [6.07, 6.45) is 1.74. The molecule has 0 bridgehead atoms. The first-order valence-corrected chi connectivity index (χ1v) is 9.12. The highest BCUT2D eigenvalue weighted by Gasteiger charge is 2.25. The van der Waals surface area contributed by atoms with Crippen molar-refractivity contribution in [2.24, 2.45) is 0 Å². The first-order valence-electron chi connectivity index (χ1n) is 8.36. The molecule has 1 heterocycles. The Labute approximate surface area is 167 Å². The monoisotopic (exact) mass is 393 g/mol. The molecule has 0 aliphatic heterocycles. The van der Waals surface area contributed by atoms with Crippen molar-refractivity contribution >= 4 is 51.9 Å². The number of hydrogen-bond donors (Lipinski definition) is 1. The van der Waals surface area contributed by atoms with Gasteiger partial charge < -0.3 is 9.76 Å². The van der Waals surface area contributed by atoms with Crippen molar-refractivity contribution < 1.29 is 9.76 Å². The molecule has 132 valence electrons. The summed E-state index contributed by atoms with van der Waals surface area (Å²) in [5, 5.41) is 12.0. The van der Waals surface area contributed by atoms with Crippen LogP contribution in [0.15, 0.2) is 79.0 Å². The molecule has 0 atom stereocenters. The minimum absolute atomic E-state index is 0.00720. The third kappa shape index (κ3) is 3.73. The molecule has 27 heavy (non-hydrogen) atoms. The number of halogens is 2. The van der Waals surface area contributed by atoms with Crippen molar-refractivity contribution in [1.29, 1.82) is 0 Å². The maximum absolute atomic E-state index is 10.1. The van der Waals surface area contributed by atoms with Crippen LogP contribution in [0.4, 0.5) is 0 Å². The zero-order valence-electron chi connectivity index (χ0n) is 14.1. The number of nitrogens with zero attached hydrogens (tertiary/aromatic N) is 1. The van der Waals surface area contributed by atoms with Gasteiger partial charge in [0, 0.05) is 16.6 Å². The van der Waals surface area contributed by atoms with E-state index in [0.29, 0.717) is 15.8 Å². The number of rotatable bonds is 4. The summed E-state index contributed by atoms with van der Waals surface area (Å²) in [7, 11) is 0. The fourth-order valence-electron chi connectivity index (χ4n) is 2.96. The van der Waals surface area contributed by atoms with Gasteiger partial charge in [0.25, 0.3) is 0 Å². The Morgan fingerprint density at radius 3 is 2.37 bits per heavy atom. The minimum atomic E-state index is -0.460. The van der Waals surface area contributed by atoms with Crippen LogP contribution in [-0.4, -0.2) is 17.0 Å². The third-order valence-corrected chi connectivity index (χ3v) is 4.86. The molecular weight excluding hydrogens is 380 g/mol. The Kier molecular flexibility index (Phi) is 4.93. The molecule has 1 N–H and O–H groups in total. The lowest BCUT2D eigenvalue weighted by molar-refractivity contribution is 0.476. The first-order chi connectivity index (χ1) is 13.1. The molecule has 0 amide bonds. The van der Waals surface area contributed by atoms with Crippen LogP contribution in [0.1, 0.15) is 0 Å². The Bertz CT molecular complexity index is 1100. The van der Waals surface area contributed by atoms with Gasteiger partial charge >= 0.3 is 6.92 Å². The zero-order valence-corrected chi connectivity index (χ0v) is 15.7. The number of hydrogen-bond acceptors (Lipinski definition) is 3. The van der Waals surface area contributed by atoms with E-state index in [4.69, 9.17) is 27.9 Å². The lowest BCUT2D eigenvalue weighted by Gasteiger charge is -2.18. The van der Waals surface area contributed by atoms with Gasteiger partial charge in [-0.25, -0.2) is 0 Å². The van der Waals surface area contributed by atoms with Gasteiger partial charge in [0.2, 0.25) is 0 Å². The van der Waals surface area contributed by atoms with Crippen LogP contribution in [0.2, 0.25) is 10.0 Å². The second kappa shape index (κ2) is 7.51. The molecule has 0 radical (unpaired) electrons. The first kappa shape index (κ1) is 17.7. The molecule has 0 saturated heterocycles. The second-order valence-electron chi connectivity index (χ2n) is 6.09. The van der Waals surface area contributed by atoms with Crippen molar-refractivity contribution in [2.75, 3.05) is 0 Å². The van der Waals surface area contributed by atoms with Gasteiger partial charge in [0.05, 0.1) is 5.02 Å². The normalized spacial score (nSPS) is 10.7. The molecule has 1 aromatic heterocycles. The van der Waals surface area contributed by atoms with Crippen LogP contribution in [0.25, 0.3) is 10.9 Å². The summed E-state index contributed by atoms with van der Waals surface area (Å²) in [5.41, 5.74) is 2.44. The molecular formula is C21H14BCl2NO2. The molecule has 0 aliphatic rings. The molecule has 0 fully saturated rings. The predicted octanol–water partition coefficient (Wildman–Crippen LogP) is 4.43. The standard InChI is InChI=1S/C21H14BCl2NO2/c23-17-9-6-15(7-10-17)22(16-8-11-18(24)19(26)13-16)27-20-5-1-3-14-4-2-12-25-21(14)20/h1-13,26H. The molecule has 3 nitrogen and oxygen atoms in total. The summed E-state index contributed by atoms with van der Waals surface area (Å²) >= 11 is 12.0. The van der Waals surface area contributed by atoms with E-state index in [1.807, 2.05) is 60.7 Å². The van der Waals surface area contributed by atoms with Gasteiger partial charge in [-0.2, -0.15) is 0 Å². The second-order valence-corrected chi connectivity index (χ2v) is 6.94. The van der Waals surface area contributed by atoms with Crippen molar-refractivity contribution in [1.82, 2.24) is 4.98 Å². The Hall–Kier alpha value is -2.69. The third-order valence-electron chi connectivity index (χ3n) is 4.29. The van der Waals surface area contributed by atoms with Crippen LogP contribution < -0.4 is 15.6 Å². The van der Waals surface area contributed by atoms with Gasteiger partial charge in [-0.15, -0.1) is 0 Å². The minimum Gasteiger partial charge on any atom is -0.550 e. The number of aromatic nitrogens is 1. The molecule has 0 saturated carbocycles. The molecule has 3 aromatic carbocycles. The maximum Gasteiger partial charge on any atom is 0.426 e. The summed E-state index contributed by atoms with van der Waals surface area (Å²) in [5.74, 6) is 0.662. The van der Waals surface area contributed by atoms with Crippen LogP contribution in [-0.2, 0) is 0 Å². The summed E-state index contributed by atoms with van der Waals surface area (Å²) in [6, 6.07) is 22.2. The van der Waals surface area contributed by atoms with E-state index in [2.05, 4.69) is 4.98 Å². The van der Waals surface area contributed by atoms with E-state index in [-0.39, 0.29) is 5.75 Å². The molecule has 0 aliphatic carbocycles. The van der Waals surface area contributed by atoms with Crippen LogP contribution in [0.3, 0.4) is 0 Å². The topological polar surface area (TPSA) is 42.4 Å². The Morgan fingerprint density at radius 1 is 0.852 bits per heavy atom. The smallest absolute Gasteiger partial charge is 0.426 e. The summed E-state index contributed by atoms with van der Waals surface area (Å²) in [6.45, 7) is -0.460. The van der Waals surface area contributed by atoms with Gasteiger partial charge in [-0.1, -0.05) is 59.6 Å². The van der Waals surface area contributed by atoms with E-state index in [9.17, 15) is 5.11 Å². The highest BCUT2D eigenvalue weighted by atomic mass is 35.5. The molecule has 4 rings (SSSR count). The van der Waals surface area contributed by atoms with Gasteiger partial charge in [0.1, 0.15) is 17.0 Å². The van der Waals surface area contributed by atoms with E-state index in [1.165, 1.54) is 0 Å². The van der Waals surface area contributed by atoms with Crippen LogP contribution >= 0.6 is 23.2 Å². The van der Waals surface area contributed by atoms with Crippen molar-refractivity contribution in [3.63, 3.8) is 0 Å². The zero-order chi connectivity index (χ0) is 18.8. The van der Waals surface area contributed by atoms with Gasteiger partial charge in [0.15, 0.2) is 0 Å². The van der Waals surface area contributed by atoms with Crippen molar-refractivity contribution in [3.8, 4) is 11.5 Å². The quantitative estimate of drug-likeness (QED) is 0.521. The fourth-order valence-corrected chi connectivity index (χ4v) is 3.20. The lowest BCUT2D eigenvalue weighted by atomic mass is 9.55. The predicted molar refractivity (Wildman–Crippen MR) is 112 cm³/mol. The number of phenolic OH excluding ortho intramolecular Hbond substituents is 1. The van der Waals surface area contributed by atoms with Gasteiger partial charge in [-0.05, 0) is 47.3 Å². The SMILES string of the molecule is Oc1cc(B(Oc2cccc3cccnc23)c2ccc(Cl)cc2)ccc1Cl. The number of fused-ring (bicyclic) bond motifs is 1. The molecule has 6 heteroatoms. The molecule has 0 spiro atoms. The van der Waals surface area contributed by atoms with E-state index < -0.39 is 6.92 Å². The average molecular weight is 394 g/mol. The lowest BCUT2D eigenvalue weighted by Crippen LogP contribution is -2.47. The number of aromatic hydroxyl groups is 1. The Morgan fingerprint density at radius 2 is 1.59 bits per heavy atom. The summed E-state index contributed by atoms with van der Waals surface area (Å²) < 4.78 is 6.37. The molecule has 0 unspecified atom stereocenters. The van der Waals surface area contributed by atoms with E-state index in [0.717, 1.165) is 21.8 Å². The Balaban J connectivity index is 1.82. The number of phenols is 1. The number of para-hydroxylation sites is 1. The highest BCUT2D eigenvalue weighted by molar-refractivity contribution is 6.80. The fraction of sp³-hybridized carbons (Fsp3) is 0. The van der Waals surface area contributed by atoms with E-state index in [1.54, 1.807) is 18.3 Å². The van der Waals surface area contributed by atoms with Crippen LogP contribution in [0.5, 0.6) is 11.5 Å². The van der Waals surface area contributed by atoms with Crippen molar-refractivity contribution in [2.45, 2.75) is 0 Å². The number of pyridine rings is 1. The largest absolute Gasteiger partial charge is 0.550 e. The van der Waals surface area contributed by atoms with E-state index >= 15 is 0 Å².